The Morgan fingerprint density at radius 2 is 1.90 bits per heavy atom. The molecule has 1 aliphatic carbocycles. The number of para-hydroxylation sites is 1. The summed E-state index contributed by atoms with van der Waals surface area (Å²) >= 11 is 0. The molecule has 0 radical (unpaired) electrons. The summed E-state index contributed by atoms with van der Waals surface area (Å²) in [6.07, 6.45) is 5.30. The van der Waals surface area contributed by atoms with Gasteiger partial charge in [-0.1, -0.05) is 18.2 Å². The van der Waals surface area contributed by atoms with Crippen molar-refractivity contribution in [1.82, 2.24) is 10.3 Å². The van der Waals surface area contributed by atoms with Crippen LogP contribution in [0.2, 0.25) is 0 Å². The van der Waals surface area contributed by atoms with Gasteiger partial charge in [0.1, 0.15) is 11.4 Å². The lowest BCUT2D eigenvalue weighted by molar-refractivity contribution is 0.00704. The molecular weight excluding hydrogens is 364 g/mol. The number of pyridine rings is 1. The van der Waals surface area contributed by atoms with E-state index < -0.39 is 5.60 Å². The zero-order chi connectivity index (χ0) is 19.8. The van der Waals surface area contributed by atoms with E-state index in [4.69, 9.17) is 4.74 Å². The van der Waals surface area contributed by atoms with Crippen molar-refractivity contribution in [3.63, 3.8) is 0 Å². The van der Waals surface area contributed by atoms with Gasteiger partial charge in [0.2, 0.25) is 0 Å². The Labute approximate surface area is 169 Å². The van der Waals surface area contributed by atoms with Crippen LogP contribution in [0.3, 0.4) is 0 Å². The van der Waals surface area contributed by atoms with Crippen molar-refractivity contribution in [3.8, 4) is 5.75 Å². The molecule has 0 saturated heterocycles. The minimum atomic E-state index is -0.429. The molecular formula is C24H22N2O3. The molecule has 1 N–H and O–H groups in total. The fourth-order valence-corrected chi connectivity index (χ4v) is 4.50. The number of carbonyl (C=O) groups is 2. The standard InChI is InChI=1S/C24H22N2O3/c27-21-15-24(29-22-6-2-1-5-19(21)22)11-9-18(10-12-24)26-23(28)17-7-8-20-16(14-17)4-3-13-25-20/h1-8,13-14,18H,9-12,15H2,(H,26,28). The molecule has 3 aromatic rings. The van der Waals surface area contributed by atoms with Crippen LogP contribution >= 0.6 is 0 Å². The van der Waals surface area contributed by atoms with Crippen LogP contribution in [-0.4, -0.2) is 28.3 Å². The van der Waals surface area contributed by atoms with E-state index in [9.17, 15) is 9.59 Å². The molecule has 0 atom stereocenters. The van der Waals surface area contributed by atoms with Gasteiger partial charge in [-0.25, -0.2) is 0 Å². The number of hydrogen-bond acceptors (Lipinski definition) is 4. The third-order valence-electron chi connectivity index (χ3n) is 6.09. The highest BCUT2D eigenvalue weighted by Crippen LogP contribution is 2.41. The molecule has 1 saturated carbocycles. The first-order chi connectivity index (χ1) is 14.1. The lowest BCUT2D eigenvalue weighted by atomic mass is 9.76. The van der Waals surface area contributed by atoms with Gasteiger partial charge in [-0.2, -0.15) is 0 Å². The van der Waals surface area contributed by atoms with Crippen LogP contribution in [-0.2, 0) is 0 Å². The maximum absolute atomic E-state index is 12.7. The first-order valence-corrected chi connectivity index (χ1v) is 10.1. The van der Waals surface area contributed by atoms with Crippen LogP contribution in [0.5, 0.6) is 5.75 Å². The quantitative estimate of drug-likeness (QED) is 0.713. The van der Waals surface area contributed by atoms with Crippen molar-refractivity contribution in [2.75, 3.05) is 0 Å². The highest BCUT2D eigenvalue weighted by molar-refractivity contribution is 6.00. The van der Waals surface area contributed by atoms with Crippen molar-refractivity contribution < 1.29 is 14.3 Å². The fraction of sp³-hybridized carbons (Fsp3) is 0.292. The van der Waals surface area contributed by atoms with E-state index in [-0.39, 0.29) is 17.7 Å². The second-order valence-electron chi connectivity index (χ2n) is 8.04. The Morgan fingerprint density at radius 1 is 1.07 bits per heavy atom. The Balaban J connectivity index is 1.25. The van der Waals surface area contributed by atoms with Gasteiger partial charge in [0.05, 0.1) is 17.5 Å². The van der Waals surface area contributed by atoms with E-state index in [1.807, 2.05) is 54.6 Å². The number of ether oxygens (including phenoxy) is 1. The lowest BCUT2D eigenvalue weighted by Crippen LogP contribution is -2.49. The van der Waals surface area contributed by atoms with E-state index in [1.165, 1.54) is 0 Å². The zero-order valence-corrected chi connectivity index (χ0v) is 16.1. The summed E-state index contributed by atoms with van der Waals surface area (Å²) in [5.41, 5.74) is 1.77. The minimum Gasteiger partial charge on any atom is -0.486 e. The summed E-state index contributed by atoms with van der Waals surface area (Å²) in [7, 11) is 0. The molecule has 2 aliphatic rings. The topological polar surface area (TPSA) is 68.3 Å². The summed E-state index contributed by atoms with van der Waals surface area (Å²) in [5, 5.41) is 4.11. The van der Waals surface area contributed by atoms with E-state index in [2.05, 4.69) is 10.3 Å². The number of amides is 1. The summed E-state index contributed by atoms with van der Waals surface area (Å²) in [6.45, 7) is 0. The number of nitrogens with zero attached hydrogens (tertiary/aromatic N) is 1. The number of rotatable bonds is 2. The minimum absolute atomic E-state index is 0.0670. The van der Waals surface area contributed by atoms with Gasteiger partial charge in [-0.3, -0.25) is 14.6 Å². The molecule has 0 bridgehead atoms. The molecule has 1 aromatic heterocycles. The van der Waals surface area contributed by atoms with E-state index in [1.54, 1.807) is 6.20 Å². The maximum Gasteiger partial charge on any atom is 0.251 e. The van der Waals surface area contributed by atoms with Gasteiger partial charge in [-0.05, 0) is 62.1 Å². The zero-order valence-electron chi connectivity index (χ0n) is 16.1. The molecule has 1 aliphatic heterocycles. The molecule has 1 fully saturated rings. The molecule has 2 heterocycles. The van der Waals surface area contributed by atoms with Crippen LogP contribution in [0.25, 0.3) is 10.9 Å². The lowest BCUT2D eigenvalue weighted by Gasteiger charge is -2.42. The maximum atomic E-state index is 12.7. The van der Waals surface area contributed by atoms with Crippen LogP contribution in [0.4, 0.5) is 0 Å². The molecule has 5 nitrogen and oxygen atoms in total. The third-order valence-corrected chi connectivity index (χ3v) is 6.09. The van der Waals surface area contributed by atoms with Crippen LogP contribution in [0.1, 0.15) is 52.8 Å². The van der Waals surface area contributed by atoms with Gasteiger partial charge >= 0.3 is 0 Å². The largest absolute Gasteiger partial charge is 0.486 e. The third kappa shape index (κ3) is 3.37. The normalized spacial score (nSPS) is 23.4. The van der Waals surface area contributed by atoms with Crippen molar-refractivity contribution in [1.29, 1.82) is 0 Å². The van der Waals surface area contributed by atoms with Crippen molar-refractivity contribution in [3.05, 3.63) is 71.9 Å². The number of fused-ring (bicyclic) bond motifs is 2. The number of benzene rings is 2. The Hall–Kier alpha value is -3.21. The molecule has 1 amide bonds. The molecule has 1 spiro atoms. The van der Waals surface area contributed by atoms with Crippen LogP contribution in [0.15, 0.2) is 60.8 Å². The van der Waals surface area contributed by atoms with Crippen molar-refractivity contribution >= 4 is 22.6 Å². The van der Waals surface area contributed by atoms with E-state index in [0.717, 1.165) is 36.6 Å². The highest BCUT2D eigenvalue weighted by atomic mass is 16.5. The molecule has 29 heavy (non-hydrogen) atoms. The summed E-state index contributed by atoms with van der Waals surface area (Å²) < 4.78 is 6.28. The number of aromatic nitrogens is 1. The summed E-state index contributed by atoms with van der Waals surface area (Å²) in [5.74, 6) is 0.776. The highest BCUT2D eigenvalue weighted by Gasteiger charge is 2.43. The number of nitrogens with one attached hydrogen (secondary N) is 1. The predicted molar refractivity (Wildman–Crippen MR) is 110 cm³/mol. The second kappa shape index (κ2) is 6.99. The Morgan fingerprint density at radius 3 is 2.76 bits per heavy atom. The van der Waals surface area contributed by atoms with Crippen molar-refractivity contribution in [2.45, 2.75) is 43.7 Å². The van der Waals surface area contributed by atoms with E-state index >= 15 is 0 Å². The monoisotopic (exact) mass is 386 g/mol. The first kappa shape index (κ1) is 17.9. The SMILES string of the molecule is O=C(NC1CCC2(CC1)CC(=O)c1ccccc1O2)c1ccc2ncccc2c1. The van der Waals surface area contributed by atoms with E-state index in [0.29, 0.717) is 23.3 Å². The van der Waals surface area contributed by atoms with Crippen LogP contribution < -0.4 is 10.1 Å². The molecule has 2 aromatic carbocycles. The average molecular weight is 386 g/mol. The van der Waals surface area contributed by atoms with Gasteiger partial charge in [0, 0.05) is 23.2 Å². The van der Waals surface area contributed by atoms with Gasteiger partial charge in [0.25, 0.3) is 5.91 Å². The second-order valence-corrected chi connectivity index (χ2v) is 8.04. The number of hydrogen-bond donors (Lipinski definition) is 1. The summed E-state index contributed by atoms with van der Waals surface area (Å²) in [4.78, 5) is 29.6. The van der Waals surface area contributed by atoms with Crippen molar-refractivity contribution in [2.24, 2.45) is 0 Å². The predicted octanol–water partition coefficient (Wildman–Crippen LogP) is 4.31. The first-order valence-electron chi connectivity index (χ1n) is 10.1. The summed E-state index contributed by atoms with van der Waals surface area (Å²) in [6, 6.07) is 17.0. The molecule has 5 heteroatoms. The Bertz CT molecular complexity index is 1100. The van der Waals surface area contributed by atoms with Gasteiger partial charge < -0.3 is 10.1 Å². The fourth-order valence-electron chi connectivity index (χ4n) is 4.50. The molecule has 0 unspecified atom stereocenters. The smallest absolute Gasteiger partial charge is 0.251 e. The number of ketones is 1. The van der Waals surface area contributed by atoms with Crippen LogP contribution in [0, 0.1) is 0 Å². The van der Waals surface area contributed by atoms with Gasteiger partial charge in [-0.15, -0.1) is 0 Å². The number of Topliss-reactive ketones (excluding diaryl/α,β-unsaturated/α-hetero) is 1. The van der Waals surface area contributed by atoms with Gasteiger partial charge in [0.15, 0.2) is 5.78 Å². The molecule has 5 rings (SSSR count). The average Bonchev–Trinajstić information content (AvgIpc) is 2.75. The number of carbonyl (C=O) groups excluding carboxylic acids is 2. The molecule has 146 valence electrons. The Kier molecular flexibility index (Phi) is 4.31.